The van der Waals surface area contributed by atoms with Crippen LogP contribution in [0.15, 0.2) is 48.7 Å². The molecule has 1 fully saturated rings. The molecule has 3 rings (SSSR count). The van der Waals surface area contributed by atoms with Crippen molar-refractivity contribution in [1.82, 2.24) is 9.88 Å². The lowest BCUT2D eigenvalue weighted by atomic mass is 10.1. The smallest absolute Gasteiger partial charge is 0.255 e. The number of hydrogen-bond acceptors (Lipinski definition) is 3. The number of aromatic nitrogens is 1. The third kappa shape index (κ3) is 4.83. The Morgan fingerprint density at radius 1 is 1.20 bits per heavy atom. The molecule has 0 spiro atoms. The van der Waals surface area contributed by atoms with Crippen LogP contribution in [-0.2, 0) is 0 Å². The molecule has 0 bridgehead atoms. The van der Waals surface area contributed by atoms with Crippen LogP contribution in [0, 0.1) is 0 Å². The molecule has 1 aliphatic heterocycles. The first-order valence-corrected chi connectivity index (χ1v) is 9.02. The van der Waals surface area contributed by atoms with Gasteiger partial charge in [-0.15, -0.1) is 0 Å². The van der Waals surface area contributed by atoms with E-state index in [4.69, 9.17) is 11.6 Å². The molecule has 0 radical (unpaired) electrons. The first kappa shape index (κ1) is 17.5. The van der Waals surface area contributed by atoms with Gasteiger partial charge in [-0.2, -0.15) is 0 Å². The van der Waals surface area contributed by atoms with E-state index in [-0.39, 0.29) is 5.91 Å². The Morgan fingerprint density at radius 2 is 1.96 bits per heavy atom. The van der Waals surface area contributed by atoms with Crippen LogP contribution in [0.25, 0.3) is 6.08 Å². The highest BCUT2D eigenvalue weighted by molar-refractivity contribution is 6.33. The van der Waals surface area contributed by atoms with Gasteiger partial charge in [0.25, 0.3) is 5.91 Å². The molecule has 1 amide bonds. The summed E-state index contributed by atoms with van der Waals surface area (Å²) in [4.78, 5) is 18.7. The lowest BCUT2D eigenvalue weighted by Gasteiger charge is -2.26. The first-order valence-electron chi connectivity index (χ1n) is 8.64. The second-order valence-electron chi connectivity index (χ2n) is 6.10. The third-order valence-electron chi connectivity index (χ3n) is 4.23. The minimum Gasteiger partial charge on any atom is -0.365 e. The van der Waals surface area contributed by atoms with E-state index < -0.39 is 0 Å². The zero-order valence-electron chi connectivity index (χ0n) is 14.1. The minimum absolute atomic E-state index is 0.0182. The second kappa shape index (κ2) is 8.67. The van der Waals surface area contributed by atoms with Crippen LogP contribution < -0.4 is 5.32 Å². The van der Waals surface area contributed by atoms with Crippen LogP contribution in [0.3, 0.4) is 0 Å². The number of benzene rings is 1. The quantitative estimate of drug-likeness (QED) is 0.859. The fraction of sp³-hybridized carbons (Fsp3) is 0.300. The van der Waals surface area contributed by atoms with Gasteiger partial charge in [0.1, 0.15) is 5.82 Å². The summed E-state index contributed by atoms with van der Waals surface area (Å²) in [5.74, 6) is 0.610. The summed E-state index contributed by atoms with van der Waals surface area (Å²) >= 11 is 6.29. The van der Waals surface area contributed by atoms with Crippen molar-refractivity contribution in [3.8, 4) is 0 Å². The summed E-state index contributed by atoms with van der Waals surface area (Å²) in [5.41, 5.74) is 1.70. The van der Waals surface area contributed by atoms with Gasteiger partial charge in [0, 0.05) is 25.8 Å². The van der Waals surface area contributed by atoms with Crippen LogP contribution in [0.2, 0.25) is 5.02 Å². The first-order chi connectivity index (χ1) is 12.2. The number of amides is 1. The maximum absolute atomic E-state index is 12.5. The SMILES string of the molecule is O=C(c1cnc(NC/C=C/c2ccccc2)c(Cl)c1)N1CCCCC1. The van der Waals surface area contributed by atoms with Gasteiger partial charge in [0.2, 0.25) is 0 Å². The van der Waals surface area contributed by atoms with Gasteiger partial charge in [-0.05, 0) is 30.9 Å². The molecule has 2 aromatic rings. The maximum Gasteiger partial charge on any atom is 0.255 e. The summed E-state index contributed by atoms with van der Waals surface area (Å²) < 4.78 is 0. The highest BCUT2D eigenvalue weighted by atomic mass is 35.5. The van der Waals surface area contributed by atoms with Gasteiger partial charge >= 0.3 is 0 Å². The predicted molar refractivity (Wildman–Crippen MR) is 103 cm³/mol. The van der Waals surface area contributed by atoms with E-state index in [1.165, 1.54) is 6.42 Å². The van der Waals surface area contributed by atoms with Gasteiger partial charge in [-0.3, -0.25) is 4.79 Å². The fourth-order valence-electron chi connectivity index (χ4n) is 2.88. The van der Waals surface area contributed by atoms with Gasteiger partial charge in [-0.25, -0.2) is 4.98 Å². The number of carbonyl (C=O) groups excluding carboxylic acids is 1. The van der Waals surface area contributed by atoms with Crippen molar-refractivity contribution in [1.29, 1.82) is 0 Å². The lowest BCUT2D eigenvalue weighted by Crippen LogP contribution is -2.35. The molecular weight excluding hydrogens is 334 g/mol. The van der Waals surface area contributed by atoms with Crippen molar-refractivity contribution in [2.24, 2.45) is 0 Å². The molecule has 4 nitrogen and oxygen atoms in total. The van der Waals surface area contributed by atoms with E-state index in [0.29, 0.717) is 22.9 Å². The Labute approximate surface area is 153 Å². The summed E-state index contributed by atoms with van der Waals surface area (Å²) in [6.07, 6.45) is 8.99. The fourth-order valence-corrected chi connectivity index (χ4v) is 3.11. The molecule has 0 saturated carbocycles. The average molecular weight is 356 g/mol. The van der Waals surface area contributed by atoms with Crippen molar-refractivity contribution < 1.29 is 4.79 Å². The zero-order valence-corrected chi connectivity index (χ0v) is 14.9. The molecule has 1 N–H and O–H groups in total. The summed E-state index contributed by atoms with van der Waals surface area (Å²) in [7, 11) is 0. The standard InChI is InChI=1S/C20H22ClN3O/c21-18-14-17(20(25)24-12-5-2-6-13-24)15-23-19(18)22-11-7-10-16-8-3-1-4-9-16/h1,3-4,7-10,14-15H,2,5-6,11-13H2,(H,22,23)/b10-7+. The van der Waals surface area contributed by atoms with Gasteiger partial charge in [0.05, 0.1) is 10.6 Å². The zero-order chi connectivity index (χ0) is 17.5. The molecule has 1 aromatic heterocycles. The number of halogens is 1. The number of rotatable bonds is 5. The lowest BCUT2D eigenvalue weighted by molar-refractivity contribution is 0.0724. The minimum atomic E-state index is 0.0182. The van der Waals surface area contributed by atoms with Gasteiger partial charge in [-0.1, -0.05) is 54.1 Å². The Balaban J connectivity index is 1.58. The average Bonchev–Trinajstić information content (AvgIpc) is 2.67. The van der Waals surface area contributed by atoms with E-state index >= 15 is 0 Å². The molecule has 5 heteroatoms. The van der Waals surface area contributed by atoms with Crippen LogP contribution in [0.4, 0.5) is 5.82 Å². The third-order valence-corrected chi connectivity index (χ3v) is 4.52. The number of anilines is 1. The molecule has 0 aliphatic carbocycles. The van der Waals surface area contributed by atoms with E-state index in [1.807, 2.05) is 47.4 Å². The highest BCUT2D eigenvalue weighted by Crippen LogP contribution is 2.22. The number of carbonyl (C=O) groups is 1. The summed E-state index contributed by atoms with van der Waals surface area (Å²) in [5, 5.41) is 3.64. The van der Waals surface area contributed by atoms with Crippen molar-refractivity contribution in [3.63, 3.8) is 0 Å². The Bertz CT molecular complexity index is 740. The van der Waals surface area contributed by atoms with Crippen LogP contribution in [0.1, 0.15) is 35.2 Å². The molecule has 25 heavy (non-hydrogen) atoms. The maximum atomic E-state index is 12.5. The summed E-state index contributed by atoms with van der Waals surface area (Å²) in [6.45, 7) is 2.25. The largest absolute Gasteiger partial charge is 0.365 e. The topological polar surface area (TPSA) is 45.2 Å². The van der Waals surface area contributed by atoms with Gasteiger partial charge < -0.3 is 10.2 Å². The highest BCUT2D eigenvalue weighted by Gasteiger charge is 2.19. The van der Waals surface area contributed by atoms with Crippen LogP contribution in [-0.4, -0.2) is 35.4 Å². The van der Waals surface area contributed by atoms with Crippen molar-refractivity contribution >= 4 is 29.4 Å². The number of nitrogens with one attached hydrogen (secondary N) is 1. The molecule has 130 valence electrons. The second-order valence-corrected chi connectivity index (χ2v) is 6.51. The molecule has 2 heterocycles. The van der Waals surface area contributed by atoms with E-state index in [1.54, 1.807) is 12.3 Å². The van der Waals surface area contributed by atoms with Gasteiger partial charge in [0.15, 0.2) is 0 Å². The molecule has 1 saturated heterocycles. The van der Waals surface area contributed by atoms with E-state index in [0.717, 1.165) is 31.5 Å². The predicted octanol–water partition coefficient (Wildman–Crippen LogP) is 4.49. The number of piperidine rings is 1. The Kier molecular flexibility index (Phi) is 6.07. The molecule has 0 unspecified atom stereocenters. The number of pyridine rings is 1. The number of nitrogens with zero attached hydrogens (tertiary/aromatic N) is 2. The van der Waals surface area contributed by atoms with Crippen molar-refractivity contribution in [2.45, 2.75) is 19.3 Å². The normalized spacial score (nSPS) is 14.7. The summed E-state index contributed by atoms with van der Waals surface area (Å²) in [6, 6.07) is 11.8. The molecule has 1 aliphatic rings. The van der Waals surface area contributed by atoms with E-state index in [9.17, 15) is 4.79 Å². The number of hydrogen-bond donors (Lipinski definition) is 1. The Morgan fingerprint density at radius 3 is 2.68 bits per heavy atom. The molecule has 1 aromatic carbocycles. The molecule has 0 atom stereocenters. The van der Waals surface area contributed by atoms with Crippen molar-refractivity contribution in [3.05, 3.63) is 64.8 Å². The Hall–Kier alpha value is -2.33. The van der Waals surface area contributed by atoms with Crippen LogP contribution >= 0.6 is 11.6 Å². The monoisotopic (exact) mass is 355 g/mol. The van der Waals surface area contributed by atoms with Crippen LogP contribution in [0.5, 0.6) is 0 Å². The number of likely N-dealkylation sites (tertiary alicyclic amines) is 1. The molecular formula is C20H22ClN3O. The van der Waals surface area contributed by atoms with E-state index in [2.05, 4.69) is 10.3 Å². The van der Waals surface area contributed by atoms with Crippen molar-refractivity contribution in [2.75, 3.05) is 25.0 Å².